The van der Waals surface area contributed by atoms with Crippen LogP contribution in [-0.2, 0) is 25.8 Å². The highest BCUT2D eigenvalue weighted by Gasteiger charge is 2.33. The third-order valence-electron chi connectivity index (χ3n) is 4.51. The molecule has 32 heavy (non-hydrogen) atoms. The number of amides is 1. The monoisotopic (exact) mass is 473 g/mol. The minimum absolute atomic E-state index is 0.0164. The Morgan fingerprint density at radius 1 is 1.12 bits per heavy atom. The normalized spacial score (nSPS) is 15.2. The van der Waals surface area contributed by atoms with E-state index in [4.69, 9.17) is 4.84 Å². The van der Waals surface area contributed by atoms with Crippen LogP contribution in [0.2, 0.25) is 0 Å². The van der Waals surface area contributed by atoms with Crippen molar-refractivity contribution in [3.8, 4) is 0 Å². The van der Waals surface area contributed by atoms with Gasteiger partial charge >= 0.3 is 6.18 Å². The van der Waals surface area contributed by atoms with Gasteiger partial charge in [-0.25, -0.2) is 12.8 Å². The standard InChI is InChI=1S/C20H19F4N3O4S/c21-15-4-6-16(7-5-15)25-19(28)13-31-26-17-8-10-27(11-9-17)32(29,30)18-3-1-2-14(12-18)20(22,23)24/h1-8,12,26H,9-11,13H2,(H,25,28). The number of sulfonamides is 1. The van der Waals surface area contributed by atoms with Crippen LogP contribution in [0.15, 0.2) is 65.2 Å². The fraction of sp³-hybridized carbons (Fsp3) is 0.250. The molecule has 2 N–H and O–H groups in total. The Bertz CT molecular complexity index is 1100. The number of hydrogen-bond donors (Lipinski definition) is 2. The molecule has 0 bridgehead atoms. The van der Waals surface area contributed by atoms with E-state index in [2.05, 4.69) is 10.8 Å². The quantitative estimate of drug-likeness (QED) is 0.476. The van der Waals surface area contributed by atoms with Crippen molar-refractivity contribution in [1.29, 1.82) is 0 Å². The molecule has 2 aromatic rings. The molecule has 0 aliphatic carbocycles. The Hall–Kier alpha value is -2.96. The SMILES string of the molecule is O=C(CONC1=CCN(S(=O)(=O)c2cccc(C(F)(F)F)c2)CC1)Nc1ccc(F)cc1. The third-order valence-corrected chi connectivity index (χ3v) is 6.37. The molecule has 172 valence electrons. The number of nitrogens with zero attached hydrogens (tertiary/aromatic N) is 1. The number of hydroxylamine groups is 1. The van der Waals surface area contributed by atoms with Crippen LogP contribution in [-0.4, -0.2) is 38.3 Å². The van der Waals surface area contributed by atoms with Crippen molar-refractivity contribution in [3.05, 3.63) is 71.7 Å². The highest BCUT2D eigenvalue weighted by molar-refractivity contribution is 7.89. The molecule has 1 aliphatic heterocycles. The van der Waals surface area contributed by atoms with E-state index >= 15 is 0 Å². The lowest BCUT2D eigenvalue weighted by atomic mass is 10.2. The molecule has 0 fully saturated rings. The van der Waals surface area contributed by atoms with Crippen LogP contribution in [0.5, 0.6) is 0 Å². The summed E-state index contributed by atoms with van der Waals surface area (Å²) in [5, 5.41) is 2.51. The summed E-state index contributed by atoms with van der Waals surface area (Å²) in [5.41, 5.74) is 2.44. The molecule has 1 heterocycles. The van der Waals surface area contributed by atoms with Crippen molar-refractivity contribution in [2.75, 3.05) is 25.0 Å². The molecule has 0 atom stereocenters. The predicted molar refractivity (Wildman–Crippen MR) is 107 cm³/mol. The molecule has 7 nitrogen and oxygen atoms in total. The van der Waals surface area contributed by atoms with Gasteiger partial charge in [-0.1, -0.05) is 6.07 Å². The van der Waals surface area contributed by atoms with Gasteiger partial charge in [-0.3, -0.25) is 15.1 Å². The molecule has 0 saturated heterocycles. The van der Waals surface area contributed by atoms with Crippen LogP contribution >= 0.6 is 0 Å². The maximum absolute atomic E-state index is 12.9. The fourth-order valence-corrected chi connectivity index (χ4v) is 4.30. The molecule has 0 radical (unpaired) electrons. The van der Waals surface area contributed by atoms with E-state index in [1.807, 2.05) is 0 Å². The van der Waals surface area contributed by atoms with Gasteiger partial charge in [-0.2, -0.15) is 17.5 Å². The molecule has 0 aromatic heterocycles. The number of anilines is 1. The van der Waals surface area contributed by atoms with Crippen LogP contribution in [0.4, 0.5) is 23.2 Å². The van der Waals surface area contributed by atoms with Gasteiger partial charge in [0.2, 0.25) is 10.0 Å². The summed E-state index contributed by atoms with van der Waals surface area (Å²) in [4.78, 5) is 16.5. The van der Waals surface area contributed by atoms with Gasteiger partial charge in [-0.05, 0) is 48.5 Å². The van der Waals surface area contributed by atoms with Gasteiger partial charge in [-0.15, -0.1) is 0 Å². The lowest BCUT2D eigenvalue weighted by Gasteiger charge is -2.26. The van der Waals surface area contributed by atoms with E-state index in [-0.39, 0.29) is 26.1 Å². The zero-order chi connectivity index (χ0) is 23.4. The Labute approximate surface area is 181 Å². The second kappa shape index (κ2) is 9.67. The number of rotatable bonds is 7. The number of nitrogens with one attached hydrogen (secondary N) is 2. The fourth-order valence-electron chi connectivity index (χ4n) is 2.87. The molecule has 3 rings (SSSR count). The Morgan fingerprint density at radius 2 is 1.84 bits per heavy atom. The largest absolute Gasteiger partial charge is 0.416 e. The number of benzene rings is 2. The van der Waals surface area contributed by atoms with Crippen LogP contribution in [0.3, 0.4) is 0 Å². The summed E-state index contributed by atoms with van der Waals surface area (Å²) in [7, 11) is -4.11. The molecular weight excluding hydrogens is 454 g/mol. The van der Waals surface area contributed by atoms with Crippen LogP contribution in [0, 0.1) is 5.82 Å². The number of carbonyl (C=O) groups is 1. The summed E-state index contributed by atoms with van der Waals surface area (Å²) in [6.07, 6.45) is -2.94. The summed E-state index contributed by atoms with van der Waals surface area (Å²) < 4.78 is 77.9. The number of alkyl halides is 3. The summed E-state index contributed by atoms with van der Waals surface area (Å²) in [5.74, 6) is -0.927. The zero-order valence-corrected chi connectivity index (χ0v) is 17.3. The van der Waals surface area contributed by atoms with E-state index in [1.165, 1.54) is 30.3 Å². The van der Waals surface area contributed by atoms with Crippen molar-refractivity contribution in [2.24, 2.45) is 0 Å². The van der Waals surface area contributed by atoms with Gasteiger partial charge < -0.3 is 5.32 Å². The molecule has 1 aliphatic rings. The van der Waals surface area contributed by atoms with Crippen molar-refractivity contribution < 1.29 is 35.6 Å². The molecular formula is C20H19F4N3O4S. The first-order valence-electron chi connectivity index (χ1n) is 9.35. The number of hydrogen-bond acceptors (Lipinski definition) is 5. The first-order chi connectivity index (χ1) is 15.1. The lowest BCUT2D eigenvalue weighted by molar-refractivity contribution is -0.137. The molecule has 12 heteroatoms. The van der Waals surface area contributed by atoms with Crippen LogP contribution in [0.25, 0.3) is 0 Å². The highest BCUT2D eigenvalue weighted by Crippen LogP contribution is 2.31. The smallest absolute Gasteiger partial charge is 0.324 e. The zero-order valence-electron chi connectivity index (χ0n) is 16.5. The highest BCUT2D eigenvalue weighted by atomic mass is 32.2. The van der Waals surface area contributed by atoms with Crippen molar-refractivity contribution in [1.82, 2.24) is 9.79 Å². The van der Waals surface area contributed by atoms with Gasteiger partial charge in [0.15, 0.2) is 6.61 Å². The van der Waals surface area contributed by atoms with Crippen molar-refractivity contribution >= 4 is 21.6 Å². The molecule has 1 amide bonds. The van der Waals surface area contributed by atoms with E-state index < -0.39 is 38.4 Å². The van der Waals surface area contributed by atoms with Gasteiger partial charge in [0.05, 0.1) is 10.5 Å². The van der Waals surface area contributed by atoms with E-state index in [9.17, 15) is 30.8 Å². The summed E-state index contributed by atoms with van der Waals surface area (Å²) in [6.45, 7) is -0.421. The number of halogens is 4. The van der Waals surface area contributed by atoms with Crippen molar-refractivity contribution in [2.45, 2.75) is 17.5 Å². The lowest BCUT2D eigenvalue weighted by Crippen LogP contribution is -2.37. The molecule has 0 spiro atoms. The van der Waals surface area contributed by atoms with E-state index in [1.54, 1.807) is 0 Å². The Balaban J connectivity index is 1.52. The Morgan fingerprint density at radius 3 is 2.47 bits per heavy atom. The van der Waals surface area contributed by atoms with E-state index in [0.29, 0.717) is 17.5 Å². The van der Waals surface area contributed by atoms with E-state index in [0.717, 1.165) is 22.5 Å². The predicted octanol–water partition coefficient (Wildman–Crippen LogP) is 3.28. The average Bonchev–Trinajstić information content (AvgIpc) is 2.75. The topological polar surface area (TPSA) is 87.7 Å². The average molecular weight is 473 g/mol. The van der Waals surface area contributed by atoms with Crippen LogP contribution in [0.1, 0.15) is 12.0 Å². The maximum atomic E-state index is 12.9. The second-order valence-electron chi connectivity index (χ2n) is 6.81. The minimum Gasteiger partial charge on any atom is -0.324 e. The second-order valence-corrected chi connectivity index (χ2v) is 8.75. The summed E-state index contributed by atoms with van der Waals surface area (Å²) in [6, 6.07) is 8.75. The van der Waals surface area contributed by atoms with Crippen molar-refractivity contribution in [3.63, 3.8) is 0 Å². The third kappa shape index (κ3) is 6.05. The van der Waals surface area contributed by atoms with Gasteiger partial charge in [0, 0.05) is 30.9 Å². The summed E-state index contributed by atoms with van der Waals surface area (Å²) >= 11 is 0. The van der Waals surface area contributed by atoms with Gasteiger partial charge in [0.25, 0.3) is 5.91 Å². The Kier molecular flexibility index (Phi) is 7.16. The first-order valence-corrected chi connectivity index (χ1v) is 10.8. The number of carbonyl (C=O) groups excluding carboxylic acids is 1. The molecule has 0 unspecified atom stereocenters. The minimum atomic E-state index is -4.65. The van der Waals surface area contributed by atoms with Crippen LogP contribution < -0.4 is 10.8 Å². The maximum Gasteiger partial charge on any atom is 0.416 e. The van der Waals surface area contributed by atoms with Gasteiger partial charge in [0.1, 0.15) is 5.82 Å². The molecule has 0 saturated carbocycles. The molecule has 2 aromatic carbocycles. The first kappa shape index (κ1) is 23.7.